The van der Waals surface area contributed by atoms with Crippen LogP contribution in [0.3, 0.4) is 0 Å². The number of carbonyl (C=O) groups is 3. The van der Waals surface area contributed by atoms with Crippen LogP contribution in [0.2, 0.25) is 0 Å². The van der Waals surface area contributed by atoms with Crippen molar-refractivity contribution in [3.63, 3.8) is 0 Å². The highest BCUT2D eigenvalue weighted by Crippen LogP contribution is 1.80. The molecular weight excluding hydrogens is 304 g/mol. The summed E-state index contributed by atoms with van der Waals surface area (Å²) in [5.74, 6) is -2.50. The van der Waals surface area contributed by atoms with E-state index in [0.29, 0.717) is 0 Å². The molecule has 120 valence electrons. The average Bonchev–Trinajstić information content (AvgIpc) is 1.94. The van der Waals surface area contributed by atoms with E-state index in [1.807, 2.05) is 0 Å². The fourth-order valence-corrected chi connectivity index (χ4v) is 0. The van der Waals surface area contributed by atoms with Gasteiger partial charge in [-0.15, -0.1) is 0 Å². The Balaban J connectivity index is -0.0000000469. The molecule has 0 aliphatic rings. The molecule has 6 nitrogen and oxygen atoms in total. The molecule has 0 heterocycles. The van der Waals surface area contributed by atoms with Gasteiger partial charge in [0.1, 0.15) is 0 Å². The van der Waals surface area contributed by atoms with Crippen LogP contribution in [0.4, 0.5) is 25.9 Å². The molecule has 14 heteroatoms. The van der Waals surface area contributed by atoms with Gasteiger partial charge in [-0.3, -0.25) is 40.3 Å². The van der Waals surface area contributed by atoms with Gasteiger partial charge in [0.2, 0.25) is 0 Å². The first-order chi connectivity index (χ1) is 8.66. The number of carboxylic acid groups (broad SMARTS) is 3. The maximum atomic E-state index is 9.67. The van der Waals surface area contributed by atoms with E-state index in [9.17, 15) is 25.9 Å². The molecule has 0 unspecified atom stereocenters. The highest BCUT2D eigenvalue weighted by molar-refractivity contribution is 6.33. The molecule has 20 heavy (non-hydrogen) atoms. The van der Waals surface area contributed by atoms with Crippen LogP contribution in [0.5, 0.6) is 0 Å². The molecule has 0 saturated heterocycles. The highest BCUT2D eigenvalue weighted by Gasteiger charge is 2.06. The zero-order valence-corrected chi connectivity index (χ0v) is 10.5. The summed E-state index contributed by atoms with van der Waals surface area (Å²) < 4.78 is 58.0. The number of rotatable bonds is 0. The first kappa shape index (κ1) is 30.9. The first-order valence-corrected chi connectivity index (χ1v) is 4.09. The van der Waals surface area contributed by atoms with E-state index < -0.39 is 33.0 Å². The second-order valence-corrected chi connectivity index (χ2v) is 2.05. The molecule has 0 aliphatic heterocycles. The lowest BCUT2D eigenvalue weighted by molar-refractivity contribution is -0.135. The molecule has 0 aromatic heterocycles. The number of carboxylic acids is 3. The molecule has 0 saturated carbocycles. The Morgan fingerprint density at radius 3 is 0.600 bits per heavy atom. The maximum absolute atomic E-state index is 9.67. The van der Waals surface area contributed by atoms with Crippen LogP contribution < -0.4 is 0 Å². The monoisotopic (exact) mass is 316 g/mol. The molecule has 0 spiro atoms. The Morgan fingerprint density at radius 2 is 0.600 bits per heavy atom. The second-order valence-electron chi connectivity index (χ2n) is 2.05. The highest BCUT2D eigenvalue weighted by atomic mass is 19.4. The quantitative estimate of drug-likeness (QED) is 0.466. The lowest BCUT2D eigenvalue weighted by Crippen LogP contribution is -1.78. The largest absolute Gasteiger partial charge is 0.762 e. The normalized spacial score (nSPS) is 6.45. The van der Waals surface area contributed by atoms with Crippen LogP contribution in [0.15, 0.2) is 0 Å². The van der Waals surface area contributed by atoms with E-state index >= 15 is 0 Å². The van der Waals surface area contributed by atoms with E-state index in [1.165, 1.54) is 0 Å². The molecule has 3 N–H and O–H groups in total. The third kappa shape index (κ3) is 1040. The van der Waals surface area contributed by atoms with Crippen molar-refractivity contribution in [3.8, 4) is 0 Å². The molecule has 0 atom stereocenters. The molecular formula is C6H12B2F6O6. The van der Waals surface area contributed by atoms with Crippen LogP contribution >= 0.6 is 0 Å². The van der Waals surface area contributed by atoms with Crippen molar-refractivity contribution in [2.24, 2.45) is 0 Å². The van der Waals surface area contributed by atoms with E-state index in [4.69, 9.17) is 29.7 Å². The van der Waals surface area contributed by atoms with Crippen LogP contribution in [0.1, 0.15) is 20.8 Å². The molecule has 0 amide bonds. The predicted molar refractivity (Wildman–Crippen MR) is 58.1 cm³/mol. The van der Waals surface area contributed by atoms with Crippen LogP contribution in [0.25, 0.3) is 0 Å². The van der Waals surface area contributed by atoms with Gasteiger partial charge in [-0.25, -0.2) is 0 Å². The van der Waals surface area contributed by atoms with Crippen molar-refractivity contribution in [1.82, 2.24) is 0 Å². The minimum Gasteiger partial charge on any atom is -0.481 e. The lowest BCUT2D eigenvalue weighted by Gasteiger charge is -1.59. The predicted octanol–water partition coefficient (Wildman–Crippen LogP) is 2.03. The van der Waals surface area contributed by atoms with E-state index in [1.54, 1.807) is 0 Å². The summed E-state index contributed by atoms with van der Waals surface area (Å²) in [6, 6.07) is 0. The van der Waals surface area contributed by atoms with Crippen molar-refractivity contribution in [2.45, 2.75) is 20.8 Å². The summed E-state index contributed by atoms with van der Waals surface area (Å²) in [5.41, 5.74) is 0. The van der Waals surface area contributed by atoms with Gasteiger partial charge in [0.15, 0.2) is 0 Å². The van der Waals surface area contributed by atoms with Gasteiger partial charge in [0.25, 0.3) is 17.9 Å². The molecule has 0 rings (SSSR count). The van der Waals surface area contributed by atoms with Gasteiger partial charge >= 0.3 is 15.1 Å². The summed E-state index contributed by atoms with van der Waals surface area (Å²) in [6.07, 6.45) is 0. The third-order valence-corrected chi connectivity index (χ3v) is 0. The van der Waals surface area contributed by atoms with Gasteiger partial charge in [-0.1, -0.05) is 0 Å². The van der Waals surface area contributed by atoms with Gasteiger partial charge < -0.3 is 15.3 Å². The Bertz CT molecular complexity index is 190. The minimum absolute atomic E-state index is 0.833. The zero-order valence-electron chi connectivity index (χ0n) is 10.5. The van der Waals surface area contributed by atoms with Crippen molar-refractivity contribution >= 4 is 33.0 Å². The Kier molecular flexibility index (Phi) is 39.9. The van der Waals surface area contributed by atoms with Gasteiger partial charge in [0.05, 0.1) is 0 Å². The summed E-state index contributed by atoms with van der Waals surface area (Å²) in [5, 5.41) is 22.2. The molecule has 0 aromatic rings. The molecule has 0 fully saturated rings. The average molecular weight is 316 g/mol. The van der Waals surface area contributed by atoms with E-state index in [2.05, 4.69) is 0 Å². The smallest absolute Gasteiger partial charge is 0.481 e. The van der Waals surface area contributed by atoms with Crippen LogP contribution in [0, 0.1) is 0 Å². The molecule has 0 radical (unpaired) electrons. The second kappa shape index (κ2) is 25.8. The molecule has 0 bridgehead atoms. The number of hydrogen-bond donors (Lipinski definition) is 3. The van der Waals surface area contributed by atoms with Crippen molar-refractivity contribution in [3.05, 3.63) is 0 Å². The van der Waals surface area contributed by atoms with Gasteiger partial charge in [-0.2, -0.15) is 0 Å². The number of aliphatic carboxylic acids is 3. The zero-order chi connectivity index (χ0) is 17.9. The summed E-state index contributed by atoms with van der Waals surface area (Å²) in [6.45, 7) is 3.25. The number of hydrogen-bond acceptors (Lipinski definition) is 3. The fourth-order valence-electron chi connectivity index (χ4n) is 0. The summed E-state index contributed by atoms with van der Waals surface area (Å²) in [4.78, 5) is 27.0. The Hall–Kier alpha value is -1.88. The number of halogens is 6. The van der Waals surface area contributed by atoms with Crippen LogP contribution in [-0.2, 0) is 14.4 Å². The summed E-state index contributed by atoms with van der Waals surface area (Å²) >= 11 is 0. The van der Waals surface area contributed by atoms with Crippen molar-refractivity contribution < 1.29 is 55.6 Å². The minimum atomic E-state index is -3.67. The molecule has 0 aliphatic carbocycles. The Labute approximate surface area is 110 Å². The van der Waals surface area contributed by atoms with Gasteiger partial charge in [0, 0.05) is 20.8 Å². The molecule has 0 aromatic carbocycles. The van der Waals surface area contributed by atoms with E-state index in [0.717, 1.165) is 20.8 Å². The fraction of sp³-hybridized carbons (Fsp3) is 0.500. The third-order valence-electron chi connectivity index (χ3n) is 0. The topological polar surface area (TPSA) is 112 Å². The maximum Gasteiger partial charge on any atom is 0.762 e. The Morgan fingerprint density at radius 1 is 0.600 bits per heavy atom. The van der Waals surface area contributed by atoms with Gasteiger partial charge in [-0.05, 0) is 0 Å². The first-order valence-electron chi connectivity index (χ1n) is 4.09. The lowest BCUT2D eigenvalue weighted by atomic mass is 10.5. The summed E-state index contributed by atoms with van der Waals surface area (Å²) in [7, 11) is -7.33. The van der Waals surface area contributed by atoms with Crippen molar-refractivity contribution in [1.29, 1.82) is 0 Å². The van der Waals surface area contributed by atoms with E-state index in [-0.39, 0.29) is 0 Å². The van der Waals surface area contributed by atoms with Crippen LogP contribution in [-0.4, -0.2) is 48.3 Å². The van der Waals surface area contributed by atoms with Crippen molar-refractivity contribution in [2.75, 3.05) is 0 Å². The standard InChI is InChI=1S/3C2H4O2.2BF3/c3*1-2(3)4;2*2-1(3)4/h3*1H3,(H,3,4);;. The SMILES string of the molecule is CC(=O)O.CC(=O)O.CC(=O)O.FB(F)F.FB(F)F.